The highest BCUT2D eigenvalue weighted by atomic mass is 32.2. The Bertz CT molecular complexity index is 321. The van der Waals surface area contributed by atoms with Gasteiger partial charge in [-0.3, -0.25) is 0 Å². The molecule has 63 valence electrons. The second kappa shape index (κ2) is 4.10. The van der Waals surface area contributed by atoms with Gasteiger partial charge in [-0.15, -0.1) is 0 Å². The largest absolute Gasteiger partial charge is 0.249 e. The fraction of sp³-hybridized carbons (Fsp3) is 0. The standard InChI is InChI=1S/C11H8NS/c1-2-6-10(7-3-1)13-11-8-4-5-9-12-11/h1-7,9H. The average Bonchev–Trinajstić information content (AvgIpc) is 2.21. The molecule has 0 amide bonds. The Kier molecular flexibility index (Phi) is 2.62. The maximum Gasteiger partial charge on any atom is 0.109 e. The SMILES string of the molecule is [c]1cccnc1Sc1ccccc1. The highest BCUT2D eigenvalue weighted by molar-refractivity contribution is 7.99. The van der Waals surface area contributed by atoms with Crippen molar-refractivity contribution in [2.75, 3.05) is 0 Å². The van der Waals surface area contributed by atoms with Gasteiger partial charge in [0.15, 0.2) is 0 Å². The van der Waals surface area contributed by atoms with Gasteiger partial charge < -0.3 is 0 Å². The molecular formula is C11H8NS. The van der Waals surface area contributed by atoms with E-state index in [9.17, 15) is 0 Å². The van der Waals surface area contributed by atoms with Gasteiger partial charge in [-0.25, -0.2) is 4.98 Å². The van der Waals surface area contributed by atoms with E-state index in [1.165, 1.54) is 4.90 Å². The summed E-state index contributed by atoms with van der Waals surface area (Å²) in [7, 11) is 0. The van der Waals surface area contributed by atoms with Crippen molar-refractivity contribution in [1.82, 2.24) is 4.98 Å². The van der Waals surface area contributed by atoms with Crippen LogP contribution < -0.4 is 0 Å². The number of aromatic nitrogens is 1. The zero-order valence-corrected chi connectivity index (χ0v) is 7.79. The molecule has 0 atom stereocenters. The lowest BCUT2D eigenvalue weighted by Gasteiger charge is -1.97. The third-order valence-corrected chi connectivity index (χ3v) is 2.46. The normalized spacial score (nSPS) is 9.85. The van der Waals surface area contributed by atoms with Crippen LogP contribution in [0, 0.1) is 6.07 Å². The zero-order valence-electron chi connectivity index (χ0n) is 6.97. The molecule has 0 aliphatic carbocycles. The van der Waals surface area contributed by atoms with E-state index < -0.39 is 0 Å². The Morgan fingerprint density at radius 3 is 2.62 bits per heavy atom. The maximum absolute atomic E-state index is 4.18. The molecule has 0 unspecified atom stereocenters. The Hall–Kier alpha value is -1.28. The molecule has 0 bridgehead atoms. The van der Waals surface area contributed by atoms with Crippen molar-refractivity contribution in [2.45, 2.75) is 9.92 Å². The van der Waals surface area contributed by atoms with Crippen molar-refractivity contribution in [3.63, 3.8) is 0 Å². The van der Waals surface area contributed by atoms with E-state index in [2.05, 4.69) is 23.2 Å². The molecule has 13 heavy (non-hydrogen) atoms. The van der Waals surface area contributed by atoms with Crippen LogP contribution in [0.1, 0.15) is 0 Å². The molecule has 1 nitrogen and oxygen atoms in total. The van der Waals surface area contributed by atoms with E-state index in [1.54, 1.807) is 18.0 Å². The number of hydrogen-bond acceptors (Lipinski definition) is 2. The summed E-state index contributed by atoms with van der Waals surface area (Å²) in [6.45, 7) is 0. The molecular weight excluding hydrogens is 178 g/mol. The summed E-state index contributed by atoms with van der Waals surface area (Å²) in [6, 6.07) is 17.0. The van der Waals surface area contributed by atoms with Crippen LogP contribution >= 0.6 is 11.8 Å². The van der Waals surface area contributed by atoms with Crippen LogP contribution in [-0.4, -0.2) is 4.98 Å². The van der Waals surface area contributed by atoms with Crippen molar-refractivity contribution in [2.24, 2.45) is 0 Å². The molecule has 0 saturated carbocycles. The van der Waals surface area contributed by atoms with Crippen LogP contribution in [0.15, 0.2) is 58.6 Å². The molecule has 1 heterocycles. The highest BCUT2D eigenvalue weighted by Crippen LogP contribution is 2.24. The summed E-state index contributed by atoms with van der Waals surface area (Å²) in [5.41, 5.74) is 0. The van der Waals surface area contributed by atoms with Gasteiger partial charge in [-0.05, 0) is 18.2 Å². The molecule has 0 spiro atoms. The van der Waals surface area contributed by atoms with Crippen LogP contribution in [0.5, 0.6) is 0 Å². The number of nitrogens with zero attached hydrogens (tertiary/aromatic N) is 1. The van der Waals surface area contributed by atoms with Crippen LogP contribution in [0.3, 0.4) is 0 Å². The minimum absolute atomic E-state index is 0.911. The molecule has 0 saturated heterocycles. The van der Waals surface area contributed by atoms with E-state index in [0.29, 0.717) is 0 Å². The van der Waals surface area contributed by atoms with Gasteiger partial charge in [0, 0.05) is 17.2 Å². The van der Waals surface area contributed by atoms with Gasteiger partial charge in [0.05, 0.1) is 0 Å². The lowest BCUT2D eigenvalue weighted by molar-refractivity contribution is 1.12. The summed E-state index contributed by atoms with van der Waals surface area (Å²) in [5.74, 6) is 0. The van der Waals surface area contributed by atoms with Crippen LogP contribution in [0.4, 0.5) is 0 Å². The Morgan fingerprint density at radius 2 is 1.92 bits per heavy atom. The molecule has 1 aromatic heterocycles. The van der Waals surface area contributed by atoms with Gasteiger partial charge >= 0.3 is 0 Å². The Labute approximate surface area is 81.8 Å². The molecule has 2 heteroatoms. The van der Waals surface area contributed by atoms with Gasteiger partial charge in [0.25, 0.3) is 0 Å². The molecule has 1 radical (unpaired) electrons. The van der Waals surface area contributed by atoms with E-state index >= 15 is 0 Å². The van der Waals surface area contributed by atoms with Crippen molar-refractivity contribution >= 4 is 11.8 Å². The van der Waals surface area contributed by atoms with Crippen LogP contribution in [0.2, 0.25) is 0 Å². The van der Waals surface area contributed by atoms with Crippen LogP contribution in [-0.2, 0) is 0 Å². The lowest BCUT2D eigenvalue weighted by Crippen LogP contribution is -1.76. The number of benzene rings is 1. The van der Waals surface area contributed by atoms with Crippen molar-refractivity contribution in [3.8, 4) is 0 Å². The molecule has 2 rings (SSSR count). The molecule has 0 aliphatic rings. The summed E-state index contributed by atoms with van der Waals surface area (Å²) in [6.07, 6.45) is 1.78. The summed E-state index contributed by atoms with van der Waals surface area (Å²) >= 11 is 1.62. The van der Waals surface area contributed by atoms with Gasteiger partial charge in [0.1, 0.15) is 5.03 Å². The number of hydrogen-bond donors (Lipinski definition) is 0. The number of pyridine rings is 1. The monoisotopic (exact) mass is 186 g/mol. The van der Waals surface area contributed by atoms with Crippen molar-refractivity contribution in [3.05, 3.63) is 54.7 Å². The maximum atomic E-state index is 4.18. The quantitative estimate of drug-likeness (QED) is 0.715. The van der Waals surface area contributed by atoms with Crippen LogP contribution in [0.25, 0.3) is 0 Å². The fourth-order valence-corrected chi connectivity index (χ4v) is 1.72. The van der Waals surface area contributed by atoms with Gasteiger partial charge in [-0.2, -0.15) is 0 Å². The lowest BCUT2D eigenvalue weighted by atomic mass is 10.4. The number of rotatable bonds is 2. The van der Waals surface area contributed by atoms with E-state index in [-0.39, 0.29) is 0 Å². The fourth-order valence-electron chi connectivity index (χ4n) is 0.966. The second-order valence-corrected chi connectivity index (χ2v) is 3.56. The van der Waals surface area contributed by atoms with E-state index in [1.807, 2.05) is 30.3 Å². The van der Waals surface area contributed by atoms with Gasteiger partial charge in [0.2, 0.25) is 0 Å². The first-order chi connectivity index (χ1) is 6.45. The average molecular weight is 186 g/mol. The second-order valence-electron chi connectivity index (χ2n) is 2.50. The van der Waals surface area contributed by atoms with Crippen molar-refractivity contribution in [1.29, 1.82) is 0 Å². The summed E-state index contributed by atoms with van der Waals surface area (Å²) in [5, 5.41) is 0.911. The Balaban J connectivity index is 2.16. The minimum Gasteiger partial charge on any atom is -0.249 e. The third-order valence-electron chi connectivity index (χ3n) is 1.54. The van der Waals surface area contributed by atoms with Gasteiger partial charge in [-0.1, -0.05) is 36.0 Å². The molecule has 2 aromatic rings. The zero-order chi connectivity index (χ0) is 8.93. The molecule has 0 aliphatic heterocycles. The first kappa shape index (κ1) is 8.32. The smallest absolute Gasteiger partial charge is 0.109 e. The summed E-state index contributed by atoms with van der Waals surface area (Å²) in [4.78, 5) is 5.37. The van der Waals surface area contributed by atoms with E-state index in [0.717, 1.165) is 5.03 Å². The first-order valence-electron chi connectivity index (χ1n) is 4.01. The predicted octanol–water partition coefficient (Wildman–Crippen LogP) is 3.03. The molecule has 1 aromatic carbocycles. The third kappa shape index (κ3) is 2.33. The molecule has 0 N–H and O–H groups in total. The molecule has 0 fully saturated rings. The highest BCUT2D eigenvalue weighted by Gasteiger charge is 1.95. The Morgan fingerprint density at radius 1 is 1.08 bits per heavy atom. The first-order valence-corrected chi connectivity index (χ1v) is 4.82. The summed E-state index contributed by atoms with van der Waals surface area (Å²) < 4.78 is 0. The minimum atomic E-state index is 0.911. The topological polar surface area (TPSA) is 12.9 Å². The van der Waals surface area contributed by atoms with E-state index in [4.69, 9.17) is 0 Å². The predicted molar refractivity (Wildman–Crippen MR) is 53.6 cm³/mol. The van der Waals surface area contributed by atoms with Crippen molar-refractivity contribution < 1.29 is 0 Å².